The quantitative estimate of drug-likeness (QED) is 0.284. The lowest BCUT2D eigenvalue weighted by Crippen LogP contribution is -2.13. The number of Topliss-reactive ketones (excluding diaryl/α,β-unsaturated/α-hetero) is 1. The number of esters is 1. The number of halogens is 2. The van der Waals surface area contributed by atoms with Gasteiger partial charge >= 0.3 is 5.97 Å². The fraction of sp³-hybridized carbons (Fsp3) is 0.200. The zero-order valence-electron chi connectivity index (χ0n) is 14.4. The highest BCUT2D eigenvalue weighted by Crippen LogP contribution is 2.26. The number of benzene rings is 2. The Hall–Kier alpha value is -2.30. The van der Waals surface area contributed by atoms with Crippen molar-refractivity contribution < 1.29 is 19.1 Å². The van der Waals surface area contributed by atoms with Crippen molar-refractivity contribution in [3.63, 3.8) is 0 Å². The smallest absolute Gasteiger partial charge is 0.341 e. The molecule has 0 N–H and O–H groups in total. The van der Waals surface area contributed by atoms with Gasteiger partial charge in [0.05, 0.1) is 6.61 Å². The first-order valence-corrected chi connectivity index (χ1v) is 8.73. The number of ketones is 1. The van der Waals surface area contributed by atoms with E-state index in [9.17, 15) is 9.59 Å². The third-order valence-electron chi connectivity index (χ3n) is 3.49. The van der Waals surface area contributed by atoms with E-state index in [4.69, 9.17) is 32.7 Å². The molecule has 0 saturated heterocycles. The van der Waals surface area contributed by atoms with Gasteiger partial charge in [-0.1, -0.05) is 47.5 Å². The molecule has 136 valence electrons. The number of rotatable bonds is 7. The van der Waals surface area contributed by atoms with Gasteiger partial charge in [0.1, 0.15) is 17.9 Å². The zero-order chi connectivity index (χ0) is 19.1. The average molecular weight is 393 g/mol. The van der Waals surface area contributed by atoms with Gasteiger partial charge in [-0.25, -0.2) is 4.79 Å². The van der Waals surface area contributed by atoms with Crippen LogP contribution in [0.2, 0.25) is 10.0 Å². The molecular formula is C20H18Cl2O4. The van der Waals surface area contributed by atoms with Crippen LogP contribution < -0.4 is 4.74 Å². The van der Waals surface area contributed by atoms with Crippen molar-refractivity contribution in [2.75, 3.05) is 6.61 Å². The van der Waals surface area contributed by atoms with Crippen LogP contribution in [0.4, 0.5) is 0 Å². The van der Waals surface area contributed by atoms with E-state index in [1.807, 2.05) is 0 Å². The first-order valence-electron chi connectivity index (χ1n) is 7.98. The van der Waals surface area contributed by atoms with E-state index in [1.165, 1.54) is 13.0 Å². The molecule has 0 saturated carbocycles. The van der Waals surface area contributed by atoms with Crippen molar-refractivity contribution in [2.24, 2.45) is 0 Å². The molecule has 6 heteroatoms. The predicted octanol–water partition coefficient (Wildman–Crippen LogP) is 5.11. The molecule has 0 aromatic heterocycles. The molecule has 0 fully saturated rings. The molecule has 0 aliphatic heterocycles. The lowest BCUT2D eigenvalue weighted by molar-refractivity contribution is -0.139. The van der Waals surface area contributed by atoms with Gasteiger partial charge in [0.15, 0.2) is 5.78 Å². The van der Waals surface area contributed by atoms with Gasteiger partial charge in [0.2, 0.25) is 0 Å². The van der Waals surface area contributed by atoms with Crippen LogP contribution in [0, 0.1) is 0 Å². The highest BCUT2D eigenvalue weighted by atomic mass is 35.5. The standard InChI is InChI=1S/C20H18Cl2O4/c1-3-25-20(24)17(13(2)23)10-14-6-4-5-7-19(14)26-12-15-8-9-16(21)11-18(15)22/h4-11H,3,12H2,1-2H3/b17-10+. The van der Waals surface area contributed by atoms with Gasteiger partial charge < -0.3 is 9.47 Å². The summed E-state index contributed by atoms with van der Waals surface area (Å²) in [5.74, 6) is -0.517. The van der Waals surface area contributed by atoms with Gasteiger partial charge in [-0.15, -0.1) is 0 Å². The van der Waals surface area contributed by atoms with Crippen LogP contribution in [-0.2, 0) is 20.9 Å². The molecule has 0 aliphatic rings. The van der Waals surface area contributed by atoms with Gasteiger partial charge in [0.25, 0.3) is 0 Å². The molecule has 0 atom stereocenters. The second-order valence-electron chi connectivity index (χ2n) is 5.40. The maximum atomic E-state index is 12.0. The normalized spacial score (nSPS) is 11.2. The Bertz CT molecular complexity index is 843. The largest absolute Gasteiger partial charge is 0.488 e. The molecule has 2 aromatic carbocycles. The second kappa shape index (κ2) is 9.41. The zero-order valence-corrected chi connectivity index (χ0v) is 15.9. The Labute approximate surface area is 162 Å². The van der Waals surface area contributed by atoms with Crippen molar-refractivity contribution in [1.82, 2.24) is 0 Å². The highest BCUT2D eigenvalue weighted by Gasteiger charge is 2.16. The van der Waals surface area contributed by atoms with Crippen molar-refractivity contribution in [3.05, 3.63) is 69.2 Å². The summed E-state index contributed by atoms with van der Waals surface area (Å²) in [5, 5.41) is 1.05. The fourth-order valence-corrected chi connectivity index (χ4v) is 2.66. The van der Waals surface area contributed by atoms with Crippen LogP contribution in [0.15, 0.2) is 48.0 Å². The van der Waals surface area contributed by atoms with Crippen LogP contribution in [0.25, 0.3) is 6.08 Å². The molecule has 0 spiro atoms. The van der Waals surface area contributed by atoms with Crippen LogP contribution in [0.3, 0.4) is 0 Å². The number of carbonyl (C=O) groups is 2. The minimum Gasteiger partial charge on any atom is -0.488 e. The predicted molar refractivity (Wildman–Crippen MR) is 103 cm³/mol. The van der Waals surface area contributed by atoms with Crippen molar-refractivity contribution >= 4 is 41.0 Å². The summed E-state index contributed by atoms with van der Waals surface area (Å²) in [7, 11) is 0. The lowest BCUT2D eigenvalue weighted by Gasteiger charge is -2.11. The van der Waals surface area contributed by atoms with Crippen LogP contribution in [0.1, 0.15) is 25.0 Å². The monoisotopic (exact) mass is 392 g/mol. The van der Waals surface area contributed by atoms with E-state index in [0.29, 0.717) is 21.4 Å². The summed E-state index contributed by atoms with van der Waals surface area (Å²) in [4.78, 5) is 23.8. The minimum atomic E-state index is -0.657. The van der Waals surface area contributed by atoms with Gasteiger partial charge in [0, 0.05) is 21.2 Å². The Balaban J connectivity index is 2.27. The number of carbonyl (C=O) groups excluding carboxylic acids is 2. The Morgan fingerprint density at radius 1 is 1.12 bits per heavy atom. The number of hydrogen-bond donors (Lipinski definition) is 0. The molecule has 0 unspecified atom stereocenters. The number of ether oxygens (including phenoxy) is 2. The van der Waals surface area contributed by atoms with Gasteiger partial charge in [-0.3, -0.25) is 4.79 Å². The van der Waals surface area contributed by atoms with E-state index in [1.54, 1.807) is 49.4 Å². The van der Waals surface area contributed by atoms with Crippen LogP contribution >= 0.6 is 23.2 Å². The summed E-state index contributed by atoms with van der Waals surface area (Å²) in [6, 6.07) is 12.2. The van der Waals surface area contributed by atoms with Crippen molar-refractivity contribution in [2.45, 2.75) is 20.5 Å². The molecule has 2 aromatic rings. The maximum Gasteiger partial charge on any atom is 0.341 e. The third-order valence-corrected chi connectivity index (χ3v) is 4.08. The molecule has 0 bridgehead atoms. The molecule has 4 nitrogen and oxygen atoms in total. The Morgan fingerprint density at radius 2 is 1.85 bits per heavy atom. The lowest BCUT2D eigenvalue weighted by atomic mass is 10.1. The maximum absolute atomic E-state index is 12.0. The number of hydrogen-bond acceptors (Lipinski definition) is 4. The first kappa shape index (κ1) is 20.0. The Kier molecular flexibility index (Phi) is 7.25. The molecule has 0 amide bonds. The summed E-state index contributed by atoms with van der Waals surface area (Å²) in [6.45, 7) is 3.41. The number of para-hydroxylation sites is 1. The summed E-state index contributed by atoms with van der Waals surface area (Å²) < 4.78 is 10.8. The molecule has 2 rings (SSSR count). The van der Waals surface area contributed by atoms with Crippen molar-refractivity contribution in [1.29, 1.82) is 0 Å². The van der Waals surface area contributed by atoms with Gasteiger partial charge in [-0.2, -0.15) is 0 Å². The first-order chi connectivity index (χ1) is 12.4. The van der Waals surface area contributed by atoms with Crippen molar-refractivity contribution in [3.8, 4) is 5.75 Å². The average Bonchev–Trinajstić information content (AvgIpc) is 2.59. The molecule has 0 radical (unpaired) electrons. The molecular weight excluding hydrogens is 375 g/mol. The van der Waals surface area contributed by atoms with Crippen LogP contribution in [-0.4, -0.2) is 18.4 Å². The van der Waals surface area contributed by atoms with Crippen LogP contribution in [0.5, 0.6) is 5.75 Å². The van der Waals surface area contributed by atoms with E-state index < -0.39 is 5.97 Å². The topological polar surface area (TPSA) is 52.6 Å². The highest BCUT2D eigenvalue weighted by molar-refractivity contribution is 6.35. The Morgan fingerprint density at radius 3 is 2.50 bits per heavy atom. The SMILES string of the molecule is CCOC(=O)/C(=C/c1ccccc1OCc1ccc(Cl)cc1Cl)C(C)=O. The summed E-state index contributed by atoms with van der Waals surface area (Å²) in [6.07, 6.45) is 1.47. The fourth-order valence-electron chi connectivity index (χ4n) is 2.19. The third kappa shape index (κ3) is 5.35. The molecule has 0 heterocycles. The summed E-state index contributed by atoms with van der Waals surface area (Å²) >= 11 is 12.0. The van der Waals surface area contributed by atoms with E-state index >= 15 is 0 Å². The minimum absolute atomic E-state index is 0.0348. The second-order valence-corrected chi connectivity index (χ2v) is 6.24. The van der Waals surface area contributed by atoms with E-state index in [0.717, 1.165) is 5.56 Å². The summed E-state index contributed by atoms with van der Waals surface area (Å²) in [5.41, 5.74) is 1.33. The molecule has 26 heavy (non-hydrogen) atoms. The molecule has 0 aliphatic carbocycles. The van der Waals surface area contributed by atoms with E-state index in [-0.39, 0.29) is 24.6 Å². The van der Waals surface area contributed by atoms with E-state index in [2.05, 4.69) is 0 Å². The van der Waals surface area contributed by atoms with Gasteiger partial charge in [-0.05, 0) is 38.1 Å².